The Morgan fingerprint density at radius 3 is 2.43 bits per heavy atom. The second kappa shape index (κ2) is 5.72. The molecule has 1 heterocycles. The van der Waals surface area contributed by atoms with E-state index >= 15 is 0 Å². The summed E-state index contributed by atoms with van der Waals surface area (Å²) in [5, 5.41) is 0.664. The second-order valence-corrected chi connectivity index (χ2v) is 7.00. The fourth-order valence-corrected chi connectivity index (χ4v) is 4.26. The lowest BCUT2D eigenvalue weighted by molar-refractivity contribution is -0.122. The molecule has 1 saturated carbocycles. The average molecular weight is 328 g/mol. The monoisotopic (exact) mass is 327 g/mol. The first-order valence-electron chi connectivity index (χ1n) is 8.27. The molecule has 1 aromatic rings. The van der Waals surface area contributed by atoms with Crippen LogP contribution in [0.25, 0.3) is 0 Å². The summed E-state index contributed by atoms with van der Waals surface area (Å²) >= 11 is 6.01. The van der Waals surface area contributed by atoms with Crippen LogP contribution in [-0.4, -0.2) is 17.3 Å². The molecule has 1 aromatic carbocycles. The minimum absolute atomic E-state index is 0.160. The number of carbonyl (C=O) groups excluding carboxylic acids is 2. The van der Waals surface area contributed by atoms with Gasteiger partial charge in [0.2, 0.25) is 0 Å². The molecule has 0 spiro atoms. The van der Waals surface area contributed by atoms with Crippen LogP contribution in [0.1, 0.15) is 50.0 Å². The number of allylic oxidation sites excluding steroid dienone is 2. The number of halogens is 1. The number of hydrogen-bond donors (Lipinski definition) is 0. The lowest BCUT2D eigenvalue weighted by atomic mass is 9.67. The number of benzene rings is 1. The highest BCUT2D eigenvalue weighted by atomic mass is 35.5. The van der Waals surface area contributed by atoms with E-state index in [9.17, 15) is 9.59 Å². The van der Waals surface area contributed by atoms with E-state index < -0.39 is 0 Å². The SMILES string of the molecule is O=C1CCCC2=C1C(c1ccc(Cl)cc1)C1C(=O)CCCC1=N2. The number of aliphatic imine (C=N–C) groups is 1. The summed E-state index contributed by atoms with van der Waals surface area (Å²) in [6, 6.07) is 7.57. The minimum Gasteiger partial charge on any atom is -0.299 e. The van der Waals surface area contributed by atoms with Crippen LogP contribution in [0.2, 0.25) is 5.02 Å². The minimum atomic E-state index is -0.259. The Morgan fingerprint density at radius 2 is 1.65 bits per heavy atom. The number of ketones is 2. The molecule has 4 rings (SSSR count). The van der Waals surface area contributed by atoms with Gasteiger partial charge >= 0.3 is 0 Å². The molecular weight excluding hydrogens is 310 g/mol. The predicted molar refractivity (Wildman–Crippen MR) is 89.9 cm³/mol. The molecule has 0 radical (unpaired) electrons. The topological polar surface area (TPSA) is 46.5 Å². The fourth-order valence-electron chi connectivity index (χ4n) is 4.13. The first kappa shape index (κ1) is 14.8. The quantitative estimate of drug-likeness (QED) is 0.774. The molecule has 3 nitrogen and oxygen atoms in total. The average Bonchev–Trinajstić information content (AvgIpc) is 2.54. The Kier molecular flexibility index (Phi) is 3.68. The molecule has 1 aliphatic heterocycles. The molecule has 1 fully saturated rings. The Balaban J connectivity index is 1.89. The molecular formula is C19H18ClNO2. The molecule has 0 aromatic heterocycles. The standard InChI is InChI=1S/C19H18ClNO2/c20-12-9-7-11(8-10-12)17-18-13(3-1-5-15(18)22)21-14-4-2-6-16(23)19(14)17/h7-10,17-18H,1-6H2. The van der Waals surface area contributed by atoms with Crippen LogP contribution in [0.5, 0.6) is 0 Å². The number of nitrogens with zero attached hydrogens (tertiary/aromatic N) is 1. The van der Waals surface area contributed by atoms with Gasteiger partial charge in [0.15, 0.2) is 5.78 Å². The molecule has 118 valence electrons. The molecule has 2 atom stereocenters. The van der Waals surface area contributed by atoms with Gasteiger partial charge in [-0.15, -0.1) is 0 Å². The van der Waals surface area contributed by atoms with Crippen molar-refractivity contribution in [3.05, 3.63) is 46.1 Å². The van der Waals surface area contributed by atoms with E-state index in [0.717, 1.165) is 48.2 Å². The van der Waals surface area contributed by atoms with E-state index in [1.54, 1.807) is 0 Å². The molecule has 2 aliphatic carbocycles. The Bertz CT molecular complexity index is 745. The zero-order valence-corrected chi connectivity index (χ0v) is 13.6. The van der Waals surface area contributed by atoms with Crippen molar-refractivity contribution in [2.45, 2.75) is 44.4 Å². The molecule has 0 amide bonds. The van der Waals surface area contributed by atoms with Crippen molar-refractivity contribution < 1.29 is 9.59 Å². The second-order valence-electron chi connectivity index (χ2n) is 6.57. The molecule has 0 saturated heterocycles. The van der Waals surface area contributed by atoms with Crippen LogP contribution >= 0.6 is 11.6 Å². The summed E-state index contributed by atoms with van der Waals surface area (Å²) in [7, 11) is 0. The van der Waals surface area contributed by atoms with Crippen molar-refractivity contribution >= 4 is 28.9 Å². The van der Waals surface area contributed by atoms with Crippen LogP contribution < -0.4 is 0 Å². The number of rotatable bonds is 1. The Morgan fingerprint density at radius 1 is 0.913 bits per heavy atom. The first-order valence-corrected chi connectivity index (χ1v) is 8.65. The van der Waals surface area contributed by atoms with E-state index in [2.05, 4.69) is 0 Å². The lowest BCUT2D eigenvalue weighted by Gasteiger charge is -2.37. The van der Waals surface area contributed by atoms with Crippen LogP contribution in [0.3, 0.4) is 0 Å². The van der Waals surface area contributed by atoms with Gasteiger partial charge < -0.3 is 0 Å². The number of carbonyl (C=O) groups is 2. The summed E-state index contributed by atoms with van der Waals surface area (Å²) in [6.45, 7) is 0. The number of hydrogen-bond acceptors (Lipinski definition) is 3. The van der Waals surface area contributed by atoms with E-state index in [0.29, 0.717) is 17.9 Å². The van der Waals surface area contributed by atoms with Gasteiger partial charge in [-0.05, 0) is 43.4 Å². The predicted octanol–water partition coefficient (Wildman–Crippen LogP) is 4.25. The summed E-state index contributed by atoms with van der Waals surface area (Å²) < 4.78 is 0. The van der Waals surface area contributed by atoms with Gasteiger partial charge in [-0.3, -0.25) is 14.6 Å². The van der Waals surface area contributed by atoms with E-state index in [-0.39, 0.29) is 23.4 Å². The van der Waals surface area contributed by atoms with E-state index in [1.807, 2.05) is 24.3 Å². The first-order chi connectivity index (χ1) is 11.1. The van der Waals surface area contributed by atoms with Crippen molar-refractivity contribution in [1.29, 1.82) is 0 Å². The maximum Gasteiger partial charge on any atom is 0.161 e. The van der Waals surface area contributed by atoms with Gasteiger partial charge in [0.1, 0.15) is 5.78 Å². The molecule has 3 aliphatic rings. The third-order valence-electron chi connectivity index (χ3n) is 5.14. The van der Waals surface area contributed by atoms with E-state index in [1.165, 1.54) is 0 Å². The molecule has 0 bridgehead atoms. The Labute approximate surface area is 140 Å². The van der Waals surface area contributed by atoms with Crippen molar-refractivity contribution in [1.82, 2.24) is 0 Å². The maximum absolute atomic E-state index is 12.6. The van der Waals surface area contributed by atoms with Crippen molar-refractivity contribution in [2.75, 3.05) is 0 Å². The van der Waals surface area contributed by atoms with Crippen LogP contribution in [0.4, 0.5) is 0 Å². The van der Waals surface area contributed by atoms with Crippen LogP contribution in [0.15, 0.2) is 40.5 Å². The number of fused-ring (bicyclic) bond motifs is 1. The zero-order chi connectivity index (χ0) is 16.0. The third kappa shape index (κ3) is 2.47. The van der Waals surface area contributed by atoms with Crippen molar-refractivity contribution in [3.8, 4) is 0 Å². The molecule has 23 heavy (non-hydrogen) atoms. The highest BCUT2D eigenvalue weighted by Crippen LogP contribution is 2.45. The molecule has 0 N–H and O–H groups in total. The largest absolute Gasteiger partial charge is 0.299 e. The van der Waals surface area contributed by atoms with Gasteiger partial charge in [-0.2, -0.15) is 0 Å². The molecule has 4 heteroatoms. The normalized spacial score (nSPS) is 27.4. The highest BCUT2D eigenvalue weighted by molar-refractivity contribution is 6.30. The zero-order valence-electron chi connectivity index (χ0n) is 12.8. The lowest BCUT2D eigenvalue weighted by Crippen LogP contribution is -2.39. The van der Waals surface area contributed by atoms with Crippen LogP contribution in [0, 0.1) is 5.92 Å². The summed E-state index contributed by atoms with van der Waals surface area (Å²) in [4.78, 5) is 30.0. The van der Waals surface area contributed by atoms with Crippen molar-refractivity contribution in [3.63, 3.8) is 0 Å². The van der Waals surface area contributed by atoms with Gasteiger partial charge in [0.05, 0.1) is 5.92 Å². The Hall–Kier alpha value is -1.74. The third-order valence-corrected chi connectivity index (χ3v) is 5.39. The van der Waals surface area contributed by atoms with Crippen LogP contribution in [-0.2, 0) is 9.59 Å². The summed E-state index contributed by atoms with van der Waals surface area (Å²) in [5.41, 5.74) is 3.68. The van der Waals surface area contributed by atoms with Gasteiger partial charge in [0.25, 0.3) is 0 Å². The maximum atomic E-state index is 12.6. The summed E-state index contributed by atoms with van der Waals surface area (Å²) in [5.74, 6) is -0.0478. The smallest absolute Gasteiger partial charge is 0.161 e. The fraction of sp³-hybridized carbons (Fsp3) is 0.421. The van der Waals surface area contributed by atoms with E-state index in [4.69, 9.17) is 16.6 Å². The molecule has 2 unspecified atom stereocenters. The van der Waals surface area contributed by atoms with Crippen molar-refractivity contribution in [2.24, 2.45) is 10.9 Å². The van der Waals surface area contributed by atoms with Gasteiger partial charge in [0, 0.05) is 40.8 Å². The van der Waals surface area contributed by atoms with Gasteiger partial charge in [-0.25, -0.2) is 0 Å². The van der Waals surface area contributed by atoms with Gasteiger partial charge in [-0.1, -0.05) is 23.7 Å². The highest BCUT2D eigenvalue weighted by Gasteiger charge is 2.44. The summed E-state index contributed by atoms with van der Waals surface area (Å²) in [6.07, 6.45) is 4.60. The number of Topliss-reactive ketones (excluding diaryl/α,β-unsaturated/α-hetero) is 2.